The van der Waals surface area contributed by atoms with E-state index in [0.29, 0.717) is 12.0 Å². The van der Waals surface area contributed by atoms with Gasteiger partial charge in [-0.15, -0.1) is 11.3 Å². The minimum Gasteiger partial charge on any atom is -0.370 e. The molecule has 0 atom stereocenters. The lowest BCUT2D eigenvalue weighted by Gasteiger charge is -2.34. The van der Waals surface area contributed by atoms with Gasteiger partial charge in [0.2, 0.25) is 5.91 Å². The van der Waals surface area contributed by atoms with Gasteiger partial charge in [0.15, 0.2) is 5.13 Å². The second-order valence-corrected chi connectivity index (χ2v) is 10.4. The maximum Gasteiger partial charge on any atom is 0.218 e. The van der Waals surface area contributed by atoms with E-state index in [4.69, 9.17) is 16.0 Å². The summed E-state index contributed by atoms with van der Waals surface area (Å²) in [6, 6.07) is 8.06. The first-order valence-corrected chi connectivity index (χ1v) is 12.5. The fraction of sp³-hybridized carbons (Fsp3) is 0.480. The highest BCUT2D eigenvalue weighted by atomic mass is 32.1. The van der Waals surface area contributed by atoms with Crippen LogP contribution in [0.25, 0.3) is 10.9 Å². The van der Waals surface area contributed by atoms with Crippen molar-refractivity contribution >= 4 is 33.3 Å². The number of unbranched alkanes of at least 4 members (excludes halogenated alkanes) is 1. The minimum absolute atomic E-state index is 0.292. The molecule has 1 aliphatic heterocycles. The third-order valence-electron chi connectivity index (χ3n) is 6.51. The number of piperazine rings is 1. The molecule has 3 aromatic rings. The Morgan fingerprint density at radius 2 is 2.06 bits per heavy atom. The maximum atomic E-state index is 11.4. The van der Waals surface area contributed by atoms with Crippen molar-refractivity contribution < 1.29 is 4.79 Å². The molecule has 1 saturated heterocycles. The number of nitrogens with two attached hydrogens (primary N) is 1. The standard InChI is InChI=1S/C25H32N6OS/c1-25(2,14-23(27)32)22-17-33-24(29-22)31-11-9-30(10-12-31)8-4-3-5-19-16-28-21-7-6-18(15-26)13-20(19)21/h6-7,13,16-17,28H,3-5,8-12,14H2,1-2H3,(H2,27,32). The van der Waals surface area contributed by atoms with Crippen molar-refractivity contribution in [3.05, 3.63) is 46.6 Å². The molecule has 0 spiro atoms. The van der Waals surface area contributed by atoms with Crippen LogP contribution in [0, 0.1) is 11.3 Å². The number of nitrogens with one attached hydrogen (secondary N) is 1. The van der Waals surface area contributed by atoms with Crippen molar-refractivity contribution in [2.75, 3.05) is 37.6 Å². The Morgan fingerprint density at radius 3 is 2.79 bits per heavy atom. The summed E-state index contributed by atoms with van der Waals surface area (Å²) in [6.07, 6.45) is 5.71. The normalized spacial score (nSPS) is 15.1. The average Bonchev–Trinajstić information content (AvgIpc) is 3.44. The number of benzene rings is 1. The lowest BCUT2D eigenvalue weighted by atomic mass is 9.86. The Bertz CT molecular complexity index is 1150. The van der Waals surface area contributed by atoms with Gasteiger partial charge in [0.25, 0.3) is 0 Å². The summed E-state index contributed by atoms with van der Waals surface area (Å²) < 4.78 is 0. The van der Waals surface area contributed by atoms with Gasteiger partial charge in [-0.25, -0.2) is 4.98 Å². The van der Waals surface area contributed by atoms with Crippen LogP contribution in [0.2, 0.25) is 0 Å². The number of H-pyrrole nitrogens is 1. The van der Waals surface area contributed by atoms with Crippen molar-refractivity contribution in [1.29, 1.82) is 5.26 Å². The number of nitriles is 1. The van der Waals surface area contributed by atoms with E-state index >= 15 is 0 Å². The molecule has 1 aliphatic rings. The number of thiazole rings is 1. The number of aromatic amines is 1. The first-order valence-electron chi connectivity index (χ1n) is 11.6. The molecule has 4 rings (SSSR count). The Hall–Kier alpha value is -2.89. The highest BCUT2D eigenvalue weighted by Crippen LogP contribution is 2.31. The van der Waals surface area contributed by atoms with Crippen LogP contribution in [0.4, 0.5) is 5.13 Å². The molecule has 0 radical (unpaired) electrons. The predicted molar refractivity (Wildman–Crippen MR) is 134 cm³/mol. The van der Waals surface area contributed by atoms with Crippen molar-refractivity contribution in [2.24, 2.45) is 5.73 Å². The summed E-state index contributed by atoms with van der Waals surface area (Å²) in [5, 5.41) is 13.4. The molecule has 8 heteroatoms. The number of fused-ring (bicyclic) bond motifs is 1. The number of rotatable bonds is 9. The lowest BCUT2D eigenvalue weighted by Crippen LogP contribution is -2.46. The van der Waals surface area contributed by atoms with E-state index in [9.17, 15) is 4.79 Å². The third kappa shape index (κ3) is 5.55. The van der Waals surface area contributed by atoms with Crippen LogP contribution in [0.15, 0.2) is 29.8 Å². The van der Waals surface area contributed by atoms with E-state index in [2.05, 4.69) is 32.4 Å². The van der Waals surface area contributed by atoms with Gasteiger partial charge in [0, 0.05) is 60.5 Å². The van der Waals surface area contributed by atoms with Crippen molar-refractivity contribution in [3.8, 4) is 6.07 Å². The maximum absolute atomic E-state index is 11.4. The highest BCUT2D eigenvalue weighted by Gasteiger charge is 2.27. The smallest absolute Gasteiger partial charge is 0.218 e. The summed E-state index contributed by atoms with van der Waals surface area (Å²) >= 11 is 1.66. The number of aryl methyl sites for hydroxylation is 1. The molecule has 0 aliphatic carbocycles. The van der Waals surface area contributed by atoms with Crippen LogP contribution in [-0.2, 0) is 16.6 Å². The van der Waals surface area contributed by atoms with Crippen molar-refractivity contribution in [1.82, 2.24) is 14.9 Å². The number of nitrogens with zero attached hydrogens (tertiary/aromatic N) is 4. The molecular weight excluding hydrogens is 432 g/mol. The molecule has 33 heavy (non-hydrogen) atoms. The minimum atomic E-state index is -0.330. The van der Waals surface area contributed by atoms with Gasteiger partial charge in [-0.3, -0.25) is 9.69 Å². The number of carbonyl (C=O) groups is 1. The molecule has 1 fully saturated rings. The van der Waals surface area contributed by atoms with Crippen LogP contribution < -0.4 is 10.6 Å². The second kappa shape index (κ2) is 9.94. The van der Waals surface area contributed by atoms with Gasteiger partial charge in [0.1, 0.15) is 0 Å². The number of hydrogen-bond acceptors (Lipinski definition) is 6. The van der Waals surface area contributed by atoms with Gasteiger partial charge < -0.3 is 15.6 Å². The molecule has 1 aromatic carbocycles. The molecule has 0 bridgehead atoms. The Kier molecular flexibility index (Phi) is 7.01. The topological polar surface area (TPSA) is 102 Å². The van der Waals surface area contributed by atoms with Crippen molar-refractivity contribution in [3.63, 3.8) is 0 Å². The molecule has 3 heterocycles. The van der Waals surface area contributed by atoms with Gasteiger partial charge in [-0.05, 0) is 49.6 Å². The van der Waals surface area contributed by atoms with Crippen LogP contribution in [0.1, 0.15) is 49.9 Å². The van der Waals surface area contributed by atoms with Gasteiger partial charge in [-0.1, -0.05) is 13.8 Å². The van der Waals surface area contributed by atoms with Gasteiger partial charge >= 0.3 is 0 Å². The van der Waals surface area contributed by atoms with E-state index in [1.165, 1.54) is 10.9 Å². The lowest BCUT2D eigenvalue weighted by molar-refractivity contribution is -0.119. The van der Waals surface area contributed by atoms with Crippen LogP contribution >= 0.6 is 11.3 Å². The summed E-state index contributed by atoms with van der Waals surface area (Å²) in [5.74, 6) is -0.292. The third-order valence-corrected chi connectivity index (χ3v) is 7.41. The van der Waals surface area contributed by atoms with Gasteiger partial charge in [0.05, 0.1) is 17.3 Å². The summed E-state index contributed by atoms with van der Waals surface area (Å²) in [4.78, 5) is 24.4. The molecule has 3 N–H and O–H groups in total. The fourth-order valence-corrected chi connectivity index (χ4v) is 5.59. The second-order valence-electron chi connectivity index (χ2n) is 9.51. The number of anilines is 1. The summed E-state index contributed by atoms with van der Waals surface area (Å²) in [7, 11) is 0. The summed E-state index contributed by atoms with van der Waals surface area (Å²) in [5.41, 5.74) is 9.13. The SMILES string of the molecule is CC(C)(CC(N)=O)c1csc(N2CCN(CCCCc3c[nH]c4ccc(C#N)cc34)CC2)n1. The molecule has 174 valence electrons. The monoisotopic (exact) mass is 464 g/mol. The summed E-state index contributed by atoms with van der Waals surface area (Å²) in [6.45, 7) is 9.18. The van der Waals surface area contributed by atoms with E-state index < -0.39 is 0 Å². The molecule has 2 aromatic heterocycles. The average molecular weight is 465 g/mol. The van der Waals surface area contributed by atoms with Crippen molar-refractivity contribution in [2.45, 2.75) is 44.9 Å². The predicted octanol–water partition coefficient (Wildman–Crippen LogP) is 3.79. The highest BCUT2D eigenvalue weighted by molar-refractivity contribution is 7.13. The number of hydrogen-bond donors (Lipinski definition) is 2. The number of carbonyl (C=O) groups excluding carboxylic acids is 1. The van der Waals surface area contributed by atoms with Crippen LogP contribution in [0.5, 0.6) is 0 Å². The van der Waals surface area contributed by atoms with E-state index in [1.807, 2.05) is 32.0 Å². The number of aromatic nitrogens is 2. The quantitative estimate of drug-likeness (QED) is 0.469. The Balaban J connectivity index is 1.22. The zero-order chi connectivity index (χ0) is 23.4. The largest absolute Gasteiger partial charge is 0.370 e. The first kappa shape index (κ1) is 23.3. The molecule has 1 amide bonds. The molecule has 0 unspecified atom stereocenters. The Morgan fingerprint density at radius 1 is 1.27 bits per heavy atom. The molecule has 0 saturated carbocycles. The zero-order valence-electron chi connectivity index (χ0n) is 19.4. The van der Waals surface area contributed by atoms with E-state index in [-0.39, 0.29) is 11.3 Å². The van der Waals surface area contributed by atoms with Crippen LogP contribution in [0.3, 0.4) is 0 Å². The molecule has 7 nitrogen and oxygen atoms in total. The first-order chi connectivity index (χ1) is 15.9. The van der Waals surface area contributed by atoms with Crippen LogP contribution in [-0.4, -0.2) is 53.5 Å². The number of amides is 1. The Labute approximate surface area is 199 Å². The molecular formula is C25H32N6OS. The van der Waals surface area contributed by atoms with Gasteiger partial charge in [-0.2, -0.15) is 5.26 Å². The zero-order valence-corrected chi connectivity index (χ0v) is 20.2. The number of primary amides is 1. The fourth-order valence-electron chi connectivity index (χ4n) is 4.51. The van der Waals surface area contributed by atoms with E-state index in [1.54, 1.807) is 11.3 Å². The van der Waals surface area contributed by atoms with E-state index in [0.717, 1.165) is 68.3 Å².